The van der Waals surface area contributed by atoms with Crippen LogP contribution in [0.3, 0.4) is 0 Å². The van der Waals surface area contributed by atoms with Gasteiger partial charge in [-0.15, -0.1) is 0 Å². The number of carboxylic acids is 1. The number of hydrogen-bond donors (Lipinski definition) is 1. The number of amides is 1. The molecule has 0 unspecified atom stereocenters. The molecule has 0 radical (unpaired) electrons. The number of alkyl halides is 1. The molecule has 1 N–H and O–H groups in total. The quantitative estimate of drug-likeness (QED) is 0.702. The molecule has 0 aromatic heterocycles. The summed E-state index contributed by atoms with van der Waals surface area (Å²) in [5.41, 5.74) is -1.44. The Hall–Kier alpha value is -1.59. The zero-order valence-electron chi connectivity index (χ0n) is 8.11. The first-order valence-corrected chi connectivity index (χ1v) is 4.38. The highest BCUT2D eigenvalue weighted by atomic mass is 19.1. The molecule has 1 rings (SSSR count). The van der Waals surface area contributed by atoms with E-state index in [0.717, 1.165) is 4.90 Å². The topological polar surface area (TPSA) is 66.8 Å². The molecule has 0 spiro atoms. The average molecular weight is 217 g/mol. The summed E-state index contributed by atoms with van der Waals surface area (Å²) in [4.78, 5) is 23.0. The van der Waals surface area contributed by atoms with Crippen molar-refractivity contribution < 1.29 is 23.8 Å². The molecule has 5 nitrogen and oxygen atoms in total. The summed E-state index contributed by atoms with van der Waals surface area (Å²) in [5.74, 6) is -1.22. The average Bonchev–Trinajstić information content (AvgIpc) is 2.13. The summed E-state index contributed by atoms with van der Waals surface area (Å²) in [6.07, 6.45) is 0.761. The Labute approximate surface area is 86.1 Å². The van der Waals surface area contributed by atoms with Crippen LogP contribution in [0.25, 0.3) is 0 Å². The molecule has 1 aliphatic rings. The number of carbonyl (C=O) groups is 2. The standard InChI is InChI=1S/C9H12FNO4/c1-2-3-15-8(14)11-5-9(4-10,6-11)7(12)13/h2H,1,3-6H2,(H,12,13). The number of rotatable bonds is 4. The van der Waals surface area contributed by atoms with Gasteiger partial charge in [-0.1, -0.05) is 12.7 Å². The van der Waals surface area contributed by atoms with Gasteiger partial charge in [-0.3, -0.25) is 4.79 Å². The minimum Gasteiger partial charge on any atom is -0.481 e. The number of ether oxygens (including phenoxy) is 1. The summed E-state index contributed by atoms with van der Waals surface area (Å²) in [7, 11) is 0. The number of aliphatic carboxylic acids is 1. The molecule has 1 amide bonds. The molecule has 0 aromatic rings. The molecule has 15 heavy (non-hydrogen) atoms. The second kappa shape index (κ2) is 4.29. The smallest absolute Gasteiger partial charge is 0.410 e. The third-order valence-electron chi connectivity index (χ3n) is 2.28. The van der Waals surface area contributed by atoms with Crippen LogP contribution in [0, 0.1) is 5.41 Å². The first-order valence-electron chi connectivity index (χ1n) is 4.38. The molecule has 1 heterocycles. The van der Waals surface area contributed by atoms with Crippen LogP contribution in [0.2, 0.25) is 0 Å². The monoisotopic (exact) mass is 217 g/mol. The van der Waals surface area contributed by atoms with E-state index < -0.39 is 24.2 Å². The fourth-order valence-electron chi connectivity index (χ4n) is 1.31. The van der Waals surface area contributed by atoms with Gasteiger partial charge < -0.3 is 14.7 Å². The van der Waals surface area contributed by atoms with Crippen LogP contribution in [0.15, 0.2) is 12.7 Å². The largest absolute Gasteiger partial charge is 0.481 e. The van der Waals surface area contributed by atoms with E-state index in [1.165, 1.54) is 6.08 Å². The van der Waals surface area contributed by atoms with Crippen molar-refractivity contribution in [3.8, 4) is 0 Å². The van der Waals surface area contributed by atoms with Crippen LogP contribution in [0.4, 0.5) is 9.18 Å². The fourth-order valence-corrected chi connectivity index (χ4v) is 1.31. The van der Waals surface area contributed by atoms with Crippen molar-refractivity contribution in [2.45, 2.75) is 0 Å². The van der Waals surface area contributed by atoms with Crippen LogP contribution in [-0.4, -0.2) is 48.4 Å². The molecule has 1 saturated heterocycles. The summed E-state index contributed by atoms with van der Waals surface area (Å²) in [6.45, 7) is 2.15. The third-order valence-corrected chi connectivity index (χ3v) is 2.28. The van der Waals surface area contributed by atoms with Gasteiger partial charge in [-0.05, 0) is 0 Å². The third kappa shape index (κ3) is 2.08. The highest BCUT2D eigenvalue weighted by Gasteiger charge is 2.52. The lowest BCUT2D eigenvalue weighted by Crippen LogP contribution is -2.63. The number of halogens is 1. The molecular formula is C9H12FNO4. The Kier molecular flexibility index (Phi) is 3.28. The second-order valence-electron chi connectivity index (χ2n) is 3.44. The Morgan fingerprint density at radius 3 is 2.60 bits per heavy atom. The lowest BCUT2D eigenvalue weighted by molar-refractivity contribution is -0.160. The molecule has 1 aliphatic heterocycles. The van der Waals surface area contributed by atoms with Crippen molar-refractivity contribution in [2.24, 2.45) is 5.41 Å². The number of nitrogens with zero attached hydrogens (tertiary/aromatic N) is 1. The van der Waals surface area contributed by atoms with Gasteiger partial charge in [0.1, 0.15) is 18.7 Å². The highest BCUT2D eigenvalue weighted by molar-refractivity contribution is 5.80. The van der Waals surface area contributed by atoms with Gasteiger partial charge >= 0.3 is 12.1 Å². The highest BCUT2D eigenvalue weighted by Crippen LogP contribution is 2.31. The maximum Gasteiger partial charge on any atom is 0.410 e. The van der Waals surface area contributed by atoms with Crippen LogP contribution in [-0.2, 0) is 9.53 Å². The molecule has 6 heteroatoms. The van der Waals surface area contributed by atoms with E-state index in [4.69, 9.17) is 5.11 Å². The number of hydrogen-bond acceptors (Lipinski definition) is 3. The van der Waals surface area contributed by atoms with Crippen molar-refractivity contribution in [2.75, 3.05) is 26.4 Å². The van der Waals surface area contributed by atoms with Gasteiger partial charge in [0.2, 0.25) is 0 Å². The van der Waals surface area contributed by atoms with Crippen LogP contribution < -0.4 is 0 Å². The normalized spacial score (nSPS) is 17.8. The van der Waals surface area contributed by atoms with Crippen LogP contribution in [0.1, 0.15) is 0 Å². The molecule has 1 fully saturated rings. The number of carboxylic acid groups (broad SMARTS) is 1. The Bertz CT molecular complexity index is 286. The molecule has 0 aliphatic carbocycles. The van der Waals surface area contributed by atoms with Gasteiger partial charge in [0.25, 0.3) is 0 Å². The van der Waals surface area contributed by atoms with Gasteiger partial charge in [0.15, 0.2) is 0 Å². The van der Waals surface area contributed by atoms with Gasteiger partial charge in [0.05, 0.1) is 0 Å². The minimum atomic E-state index is -1.44. The predicted octanol–water partition coefficient (Wildman–Crippen LogP) is 0.665. The second-order valence-corrected chi connectivity index (χ2v) is 3.44. The summed E-state index contributed by atoms with van der Waals surface area (Å²) in [6, 6.07) is 0. The first-order chi connectivity index (χ1) is 7.05. The van der Waals surface area contributed by atoms with E-state index in [-0.39, 0.29) is 19.7 Å². The molecular weight excluding hydrogens is 205 g/mol. The molecule has 0 aromatic carbocycles. The maximum absolute atomic E-state index is 12.5. The lowest BCUT2D eigenvalue weighted by Gasteiger charge is -2.44. The van der Waals surface area contributed by atoms with Crippen LogP contribution >= 0.6 is 0 Å². The van der Waals surface area contributed by atoms with E-state index in [1.807, 2.05) is 0 Å². The lowest BCUT2D eigenvalue weighted by atomic mass is 9.81. The molecule has 0 saturated carbocycles. The van der Waals surface area contributed by atoms with Crippen molar-refractivity contribution in [3.63, 3.8) is 0 Å². The fraction of sp³-hybridized carbons (Fsp3) is 0.556. The zero-order valence-corrected chi connectivity index (χ0v) is 8.11. The Morgan fingerprint density at radius 1 is 1.60 bits per heavy atom. The maximum atomic E-state index is 12.5. The van der Waals surface area contributed by atoms with Crippen molar-refractivity contribution in [3.05, 3.63) is 12.7 Å². The number of likely N-dealkylation sites (tertiary alicyclic amines) is 1. The Balaban J connectivity index is 2.44. The van der Waals surface area contributed by atoms with E-state index >= 15 is 0 Å². The van der Waals surface area contributed by atoms with E-state index in [1.54, 1.807) is 0 Å². The predicted molar refractivity (Wildman–Crippen MR) is 49.2 cm³/mol. The minimum absolute atomic E-state index is 0.0605. The van der Waals surface area contributed by atoms with E-state index in [9.17, 15) is 14.0 Å². The van der Waals surface area contributed by atoms with Crippen molar-refractivity contribution >= 4 is 12.1 Å². The van der Waals surface area contributed by atoms with E-state index in [0.29, 0.717) is 0 Å². The number of carbonyl (C=O) groups excluding carboxylic acids is 1. The van der Waals surface area contributed by atoms with Gasteiger partial charge in [-0.2, -0.15) is 0 Å². The van der Waals surface area contributed by atoms with E-state index in [2.05, 4.69) is 11.3 Å². The van der Waals surface area contributed by atoms with Crippen molar-refractivity contribution in [1.82, 2.24) is 4.90 Å². The SMILES string of the molecule is C=CCOC(=O)N1CC(CF)(C(=O)O)C1. The first kappa shape index (κ1) is 11.5. The Morgan fingerprint density at radius 2 is 2.20 bits per heavy atom. The van der Waals surface area contributed by atoms with Crippen LogP contribution in [0.5, 0.6) is 0 Å². The summed E-state index contributed by atoms with van der Waals surface area (Å²) >= 11 is 0. The molecule has 84 valence electrons. The molecule has 0 bridgehead atoms. The summed E-state index contributed by atoms with van der Waals surface area (Å²) in [5, 5.41) is 8.72. The zero-order chi connectivity index (χ0) is 11.5. The van der Waals surface area contributed by atoms with Gasteiger partial charge in [-0.25, -0.2) is 9.18 Å². The molecule has 0 atom stereocenters. The summed E-state index contributed by atoms with van der Waals surface area (Å²) < 4.78 is 17.1. The van der Waals surface area contributed by atoms with Gasteiger partial charge in [0, 0.05) is 13.1 Å². The van der Waals surface area contributed by atoms with Crippen molar-refractivity contribution in [1.29, 1.82) is 0 Å².